The third-order valence-corrected chi connectivity index (χ3v) is 2.77. The van der Waals surface area contributed by atoms with Gasteiger partial charge in [-0.15, -0.1) is 0 Å². The predicted molar refractivity (Wildman–Crippen MR) is 50.1 cm³/mol. The second-order valence-corrected chi connectivity index (χ2v) is 3.86. The second-order valence-electron chi connectivity index (χ2n) is 3.86. The van der Waals surface area contributed by atoms with Crippen LogP contribution in [0.1, 0.15) is 32.1 Å². The minimum atomic E-state index is -2.56. The fourth-order valence-corrected chi connectivity index (χ4v) is 1.88. The molecular weight excluding hydrogens is 202 g/mol. The Morgan fingerprint density at radius 2 is 2.00 bits per heavy atom. The van der Waals surface area contributed by atoms with Gasteiger partial charge in [-0.25, -0.2) is 8.78 Å². The van der Waals surface area contributed by atoms with E-state index in [1.165, 1.54) is 0 Å². The summed E-state index contributed by atoms with van der Waals surface area (Å²) in [5.74, 6) is -0.537. The first-order chi connectivity index (χ1) is 7.10. The Balaban J connectivity index is 2.57. The van der Waals surface area contributed by atoms with Crippen molar-refractivity contribution >= 4 is 5.91 Å². The highest BCUT2D eigenvalue weighted by molar-refractivity contribution is 5.85. The third-order valence-electron chi connectivity index (χ3n) is 2.77. The zero-order chi connectivity index (χ0) is 11.3. The summed E-state index contributed by atoms with van der Waals surface area (Å²) in [4.78, 5) is 11.6. The van der Waals surface area contributed by atoms with Crippen LogP contribution >= 0.6 is 0 Å². The van der Waals surface area contributed by atoms with Gasteiger partial charge < -0.3 is 5.32 Å². The Morgan fingerprint density at radius 3 is 2.47 bits per heavy atom. The van der Waals surface area contributed by atoms with E-state index in [1.54, 1.807) is 0 Å². The highest BCUT2D eigenvalue weighted by atomic mass is 19.3. The minimum absolute atomic E-state index is 0.485. The van der Waals surface area contributed by atoms with Crippen molar-refractivity contribution in [1.29, 1.82) is 5.26 Å². The summed E-state index contributed by atoms with van der Waals surface area (Å²) in [6.07, 6.45) is 1.04. The first-order valence-electron chi connectivity index (χ1n) is 5.08. The molecule has 1 aliphatic carbocycles. The van der Waals surface area contributed by atoms with Gasteiger partial charge in [-0.2, -0.15) is 5.26 Å². The van der Waals surface area contributed by atoms with Crippen molar-refractivity contribution in [3.63, 3.8) is 0 Å². The van der Waals surface area contributed by atoms with Crippen LogP contribution in [0.3, 0.4) is 0 Å². The molecule has 0 aromatic carbocycles. The van der Waals surface area contributed by atoms with E-state index in [0.717, 1.165) is 19.3 Å². The van der Waals surface area contributed by atoms with Gasteiger partial charge in [0.05, 0.1) is 12.6 Å². The Morgan fingerprint density at radius 1 is 1.40 bits per heavy atom. The van der Waals surface area contributed by atoms with Gasteiger partial charge in [-0.05, 0) is 12.8 Å². The molecule has 0 spiro atoms. The summed E-state index contributed by atoms with van der Waals surface area (Å²) in [7, 11) is 0. The van der Waals surface area contributed by atoms with E-state index >= 15 is 0 Å². The Labute approximate surface area is 87.5 Å². The fourth-order valence-electron chi connectivity index (χ4n) is 1.88. The van der Waals surface area contributed by atoms with Crippen LogP contribution in [-0.4, -0.2) is 18.9 Å². The van der Waals surface area contributed by atoms with Crippen LogP contribution in [0.25, 0.3) is 0 Å². The van der Waals surface area contributed by atoms with Crippen LogP contribution in [-0.2, 0) is 4.79 Å². The van der Waals surface area contributed by atoms with E-state index in [4.69, 9.17) is 5.26 Å². The molecule has 0 radical (unpaired) electrons. The second kappa shape index (κ2) is 5.06. The molecule has 0 aromatic heterocycles. The normalized spacial score (nSPS) is 19.6. The number of amides is 1. The molecule has 0 atom stereocenters. The molecule has 1 amide bonds. The van der Waals surface area contributed by atoms with Gasteiger partial charge in [0, 0.05) is 0 Å². The molecule has 1 N–H and O–H groups in total. The van der Waals surface area contributed by atoms with Gasteiger partial charge in [-0.1, -0.05) is 19.3 Å². The monoisotopic (exact) mass is 216 g/mol. The highest BCUT2D eigenvalue weighted by Crippen LogP contribution is 2.35. The molecule has 0 saturated heterocycles. The van der Waals surface area contributed by atoms with Crippen LogP contribution < -0.4 is 5.32 Å². The van der Waals surface area contributed by atoms with Crippen molar-refractivity contribution in [3.8, 4) is 6.07 Å². The van der Waals surface area contributed by atoms with Gasteiger partial charge in [0.25, 0.3) is 6.43 Å². The van der Waals surface area contributed by atoms with Crippen molar-refractivity contribution in [3.05, 3.63) is 0 Å². The lowest BCUT2D eigenvalue weighted by Crippen LogP contribution is -2.43. The van der Waals surface area contributed by atoms with Gasteiger partial charge >= 0.3 is 0 Å². The molecule has 5 heteroatoms. The number of nitrogens with one attached hydrogen (secondary N) is 1. The summed E-state index contributed by atoms with van der Waals surface area (Å²) in [5, 5.41) is 11.1. The molecule has 0 aromatic rings. The number of nitrogens with zero attached hydrogens (tertiary/aromatic N) is 1. The number of halogens is 2. The molecule has 15 heavy (non-hydrogen) atoms. The molecule has 0 aliphatic heterocycles. The lowest BCUT2D eigenvalue weighted by atomic mass is 9.74. The summed E-state index contributed by atoms with van der Waals surface area (Å²) in [6, 6.07) is 1.98. The number of nitriles is 1. The Bertz CT molecular complexity index is 267. The van der Waals surface area contributed by atoms with E-state index in [0.29, 0.717) is 12.8 Å². The number of carbonyl (C=O) groups is 1. The smallest absolute Gasteiger partial charge is 0.255 e. The number of hydrogen-bond acceptors (Lipinski definition) is 2. The van der Waals surface area contributed by atoms with E-state index in [1.807, 2.05) is 6.07 Å². The summed E-state index contributed by atoms with van der Waals surface area (Å²) < 4.78 is 23.8. The van der Waals surface area contributed by atoms with Crippen LogP contribution in [0.2, 0.25) is 0 Å². The van der Waals surface area contributed by atoms with Crippen molar-refractivity contribution in [2.75, 3.05) is 6.54 Å². The maximum absolute atomic E-state index is 11.9. The van der Waals surface area contributed by atoms with Crippen LogP contribution in [0.4, 0.5) is 8.78 Å². The predicted octanol–water partition coefficient (Wildman–Crippen LogP) is 1.84. The van der Waals surface area contributed by atoms with Gasteiger partial charge in [0.1, 0.15) is 5.41 Å². The molecule has 0 bridgehead atoms. The zero-order valence-electron chi connectivity index (χ0n) is 8.43. The lowest BCUT2D eigenvalue weighted by Gasteiger charge is -2.29. The maximum atomic E-state index is 11.9. The first kappa shape index (κ1) is 11.9. The van der Waals surface area contributed by atoms with Crippen LogP contribution in [0.15, 0.2) is 0 Å². The standard InChI is InChI=1S/C10H14F2N2O/c11-8(12)6-14-9(15)10(7-13)4-2-1-3-5-10/h8H,1-6H2,(H,14,15). The van der Waals surface area contributed by atoms with Gasteiger partial charge in [-0.3, -0.25) is 4.79 Å². The molecule has 84 valence electrons. The van der Waals surface area contributed by atoms with Gasteiger partial charge in [0.15, 0.2) is 0 Å². The average molecular weight is 216 g/mol. The topological polar surface area (TPSA) is 52.9 Å². The molecule has 0 unspecified atom stereocenters. The van der Waals surface area contributed by atoms with E-state index in [-0.39, 0.29) is 0 Å². The van der Waals surface area contributed by atoms with Crippen LogP contribution in [0, 0.1) is 16.7 Å². The maximum Gasteiger partial charge on any atom is 0.255 e. The fraction of sp³-hybridized carbons (Fsp3) is 0.800. The van der Waals surface area contributed by atoms with E-state index in [9.17, 15) is 13.6 Å². The molecular formula is C10H14F2N2O. The van der Waals surface area contributed by atoms with Crippen molar-refractivity contribution in [2.24, 2.45) is 5.41 Å². The lowest BCUT2D eigenvalue weighted by molar-refractivity contribution is -0.130. The minimum Gasteiger partial charge on any atom is -0.349 e. The molecule has 1 aliphatic rings. The third kappa shape index (κ3) is 2.88. The SMILES string of the molecule is N#CC1(C(=O)NCC(F)F)CCCCC1. The quantitative estimate of drug-likeness (QED) is 0.782. The van der Waals surface area contributed by atoms with E-state index in [2.05, 4.69) is 5.32 Å². The van der Waals surface area contributed by atoms with Crippen molar-refractivity contribution in [2.45, 2.75) is 38.5 Å². The largest absolute Gasteiger partial charge is 0.349 e. The number of rotatable bonds is 3. The Kier molecular flexibility index (Phi) is 4.01. The van der Waals surface area contributed by atoms with E-state index < -0.39 is 24.3 Å². The van der Waals surface area contributed by atoms with Gasteiger partial charge in [0.2, 0.25) is 5.91 Å². The highest BCUT2D eigenvalue weighted by Gasteiger charge is 2.39. The van der Waals surface area contributed by atoms with Crippen LogP contribution in [0.5, 0.6) is 0 Å². The average Bonchev–Trinajstić information content (AvgIpc) is 2.26. The molecule has 1 rings (SSSR count). The Hall–Kier alpha value is -1.18. The summed E-state index contributed by atoms with van der Waals surface area (Å²) >= 11 is 0. The van der Waals surface area contributed by atoms with Crippen molar-refractivity contribution in [1.82, 2.24) is 5.32 Å². The number of alkyl halides is 2. The number of carbonyl (C=O) groups excluding carboxylic acids is 1. The first-order valence-corrected chi connectivity index (χ1v) is 5.08. The zero-order valence-corrected chi connectivity index (χ0v) is 8.43. The van der Waals surface area contributed by atoms with Crippen molar-refractivity contribution < 1.29 is 13.6 Å². The molecule has 1 fully saturated rings. The number of hydrogen-bond donors (Lipinski definition) is 1. The molecule has 0 heterocycles. The summed E-state index contributed by atoms with van der Waals surface area (Å²) in [6.45, 7) is -0.664. The summed E-state index contributed by atoms with van der Waals surface area (Å²) in [5.41, 5.74) is -1.06. The molecule has 3 nitrogen and oxygen atoms in total. The molecule has 1 saturated carbocycles.